The van der Waals surface area contributed by atoms with Crippen LogP contribution in [0.2, 0.25) is 0 Å². The number of rotatable bonds is 8. The van der Waals surface area contributed by atoms with Crippen molar-refractivity contribution in [1.82, 2.24) is 20.1 Å². The number of nitrogens with one attached hydrogen (secondary N) is 1. The number of aromatic nitrogens is 3. The average molecular weight is 280 g/mol. The Morgan fingerprint density at radius 1 is 1.40 bits per heavy atom. The smallest absolute Gasteiger partial charge is 0.138 e. The van der Waals surface area contributed by atoms with E-state index in [1.165, 1.54) is 25.7 Å². The Kier molecular flexibility index (Phi) is 5.54. The van der Waals surface area contributed by atoms with Gasteiger partial charge in [-0.05, 0) is 32.1 Å². The molecular weight excluding hydrogens is 252 g/mol. The van der Waals surface area contributed by atoms with Crippen LogP contribution in [-0.2, 0) is 11.2 Å². The summed E-state index contributed by atoms with van der Waals surface area (Å²) in [4.78, 5) is 4.49. The molecule has 1 aromatic heterocycles. The van der Waals surface area contributed by atoms with Gasteiger partial charge in [0.2, 0.25) is 0 Å². The molecule has 0 aliphatic heterocycles. The molecule has 0 unspecified atom stereocenters. The Morgan fingerprint density at radius 3 is 2.80 bits per heavy atom. The largest absolute Gasteiger partial charge is 0.383 e. The highest BCUT2D eigenvalue weighted by Gasteiger charge is 2.35. The van der Waals surface area contributed by atoms with Gasteiger partial charge in [0.25, 0.3) is 0 Å². The summed E-state index contributed by atoms with van der Waals surface area (Å²) < 4.78 is 7.17. The predicted molar refractivity (Wildman–Crippen MR) is 79.8 cm³/mol. The van der Waals surface area contributed by atoms with Crippen molar-refractivity contribution in [3.05, 3.63) is 12.2 Å². The third-order valence-corrected chi connectivity index (χ3v) is 4.32. The van der Waals surface area contributed by atoms with Crippen LogP contribution in [0.3, 0.4) is 0 Å². The third-order valence-electron chi connectivity index (χ3n) is 4.32. The van der Waals surface area contributed by atoms with Crippen molar-refractivity contribution in [1.29, 1.82) is 0 Å². The van der Waals surface area contributed by atoms with Gasteiger partial charge in [-0.15, -0.1) is 0 Å². The van der Waals surface area contributed by atoms with Crippen molar-refractivity contribution in [2.45, 2.75) is 52.0 Å². The Balaban J connectivity index is 1.99. The minimum absolute atomic E-state index is 0.355. The number of methoxy groups -OCH3 is 1. The van der Waals surface area contributed by atoms with Crippen LogP contribution in [0, 0.1) is 5.41 Å². The highest BCUT2D eigenvalue weighted by atomic mass is 16.5. The van der Waals surface area contributed by atoms with E-state index >= 15 is 0 Å². The lowest BCUT2D eigenvalue weighted by molar-refractivity contribution is 0.188. The van der Waals surface area contributed by atoms with E-state index in [9.17, 15) is 0 Å². The van der Waals surface area contributed by atoms with Gasteiger partial charge in [0.15, 0.2) is 0 Å². The van der Waals surface area contributed by atoms with E-state index in [4.69, 9.17) is 4.74 Å². The van der Waals surface area contributed by atoms with Gasteiger partial charge in [-0.1, -0.05) is 12.8 Å². The second-order valence-corrected chi connectivity index (χ2v) is 6.27. The molecule has 1 aromatic rings. The number of nitrogens with zero attached hydrogens (tertiary/aromatic N) is 3. The predicted octanol–water partition coefficient (Wildman–Crippen LogP) is 2.20. The van der Waals surface area contributed by atoms with Crippen LogP contribution in [-0.4, -0.2) is 41.6 Å². The van der Waals surface area contributed by atoms with E-state index in [0.29, 0.717) is 11.5 Å². The minimum Gasteiger partial charge on any atom is -0.383 e. The number of ether oxygens (including phenoxy) is 1. The van der Waals surface area contributed by atoms with Crippen LogP contribution >= 0.6 is 0 Å². The highest BCUT2D eigenvalue weighted by molar-refractivity contribution is 4.98. The molecular formula is C15H28N4O. The molecule has 0 spiro atoms. The van der Waals surface area contributed by atoms with Gasteiger partial charge in [0.1, 0.15) is 12.2 Å². The van der Waals surface area contributed by atoms with Crippen LogP contribution in [0.15, 0.2) is 6.33 Å². The molecule has 0 saturated heterocycles. The molecule has 0 radical (unpaired) electrons. The molecule has 0 aromatic carbocycles. The standard InChI is InChI=1S/C15H28N4O/c1-13(2)19-14(17-12-18-19)10-15(6-4-5-7-15)11-16-8-9-20-3/h12-13,16H,4-11H2,1-3H3. The summed E-state index contributed by atoms with van der Waals surface area (Å²) in [7, 11) is 1.75. The van der Waals surface area contributed by atoms with Crippen molar-refractivity contribution >= 4 is 0 Å². The maximum Gasteiger partial charge on any atom is 0.138 e. The summed E-state index contributed by atoms with van der Waals surface area (Å²) in [5.41, 5.74) is 0.355. The zero-order valence-corrected chi connectivity index (χ0v) is 13.1. The van der Waals surface area contributed by atoms with Gasteiger partial charge in [0, 0.05) is 32.7 Å². The number of hydrogen-bond acceptors (Lipinski definition) is 4. The SMILES string of the molecule is COCCNCC1(Cc2ncnn2C(C)C)CCCC1. The quantitative estimate of drug-likeness (QED) is 0.742. The molecule has 1 heterocycles. The molecule has 1 saturated carbocycles. The maximum atomic E-state index is 5.11. The minimum atomic E-state index is 0.355. The van der Waals surface area contributed by atoms with Crippen molar-refractivity contribution < 1.29 is 4.74 Å². The highest BCUT2D eigenvalue weighted by Crippen LogP contribution is 2.40. The fourth-order valence-corrected chi connectivity index (χ4v) is 3.24. The van der Waals surface area contributed by atoms with Gasteiger partial charge in [-0.3, -0.25) is 0 Å². The molecule has 5 heteroatoms. The van der Waals surface area contributed by atoms with E-state index in [-0.39, 0.29) is 0 Å². The Morgan fingerprint density at radius 2 is 2.15 bits per heavy atom. The lowest BCUT2D eigenvalue weighted by Gasteiger charge is -2.29. The molecule has 1 N–H and O–H groups in total. The van der Waals surface area contributed by atoms with Crippen LogP contribution in [0.5, 0.6) is 0 Å². The fraction of sp³-hybridized carbons (Fsp3) is 0.867. The van der Waals surface area contributed by atoms with Gasteiger partial charge in [-0.2, -0.15) is 5.10 Å². The molecule has 0 atom stereocenters. The lowest BCUT2D eigenvalue weighted by atomic mass is 9.82. The summed E-state index contributed by atoms with van der Waals surface area (Å²) >= 11 is 0. The van der Waals surface area contributed by atoms with Crippen molar-refractivity contribution in [2.24, 2.45) is 5.41 Å². The molecule has 114 valence electrons. The van der Waals surface area contributed by atoms with Crippen LogP contribution in [0.1, 0.15) is 51.4 Å². The third kappa shape index (κ3) is 3.79. The van der Waals surface area contributed by atoms with Gasteiger partial charge in [0.05, 0.1) is 6.61 Å². The zero-order valence-electron chi connectivity index (χ0n) is 13.1. The second kappa shape index (κ2) is 7.18. The molecule has 5 nitrogen and oxygen atoms in total. The summed E-state index contributed by atoms with van der Waals surface area (Å²) in [6.45, 7) is 7.08. The van der Waals surface area contributed by atoms with E-state index in [1.807, 2.05) is 0 Å². The first-order chi connectivity index (χ1) is 9.67. The molecule has 1 aliphatic carbocycles. The van der Waals surface area contributed by atoms with Crippen LogP contribution < -0.4 is 5.32 Å². The molecule has 1 fully saturated rings. The summed E-state index contributed by atoms with van der Waals surface area (Å²) in [5, 5.41) is 7.91. The number of hydrogen-bond donors (Lipinski definition) is 1. The van der Waals surface area contributed by atoms with Gasteiger partial charge >= 0.3 is 0 Å². The summed E-state index contributed by atoms with van der Waals surface area (Å²) in [5.74, 6) is 1.13. The van der Waals surface area contributed by atoms with Crippen LogP contribution in [0.4, 0.5) is 0 Å². The van der Waals surface area contributed by atoms with E-state index in [0.717, 1.165) is 31.9 Å². The first-order valence-electron chi connectivity index (χ1n) is 7.75. The van der Waals surface area contributed by atoms with E-state index in [2.05, 4.69) is 33.9 Å². The first kappa shape index (κ1) is 15.4. The van der Waals surface area contributed by atoms with Gasteiger partial charge in [-0.25, -0.2) is 9.67 Å². The Bertz CT molecular complexity index is 396. The van der Waals surface area contributed by atoms with Crippen LogP contribution in [0.25, 0.3) is 0 Å². The fourth-order valence-electron chi connectivity index (χ4n) is 3.24. The van der Waals surface area contributed by atoms with E-state index in [1.54, 1.807) is 13.4 Å². The normalized spacial score (nSPS) is 18.0. The second-order valence-electron chi connectivity index (χ2n) is 6.27. The summed E-state index contributed by atoms with van der Waals surface area (Å²) in [6.07, 6.45) is 7.97. The Hall–Kier alpha value is -0.940. The monoisotopic (exact) mass is 280 g/mol. The first-order valence-corrected chi connectivity index (χ1v) is 7.75. The molecule has 0 amide bonds. The molecule has 20 heavy (non-hydrogen) atoms. The maximum absolute atomic E-state index is 5.11. The lowest BCUT2D eigenvalue weighted by Crippen LogP contribution is -2.36. The summed E-state index contributed by atoms with van der Waals surface area (Å²) in [6, 6.07) is 0.382. The van der Waals surface area contributed by atoms with Crippen molar-refractivity contribution in [3.63, 3.8) is 0 Å². The van der Waals surface area contributed by atoms with Gasteiger partial charge < -0.3 is 10.1 Å². The topological polar surface area (TPSA) is 52.0 Å². The zero-order chi connectivity index (χ0) is 14.4. The molecule has 0 bridgehead atoms. The van der Waals surface area contributed by atoms with E-state index < -0.39 is 0 Å². The van der Waals surface area contributed by atoms with Crippen molar-refractivity contribution in [2.75, 3.05) is 26.8 Å². The average Bonchev–Trinajstić information content (AvgIpc) is 3.05. The molecule has 1 aliphatic rings. The van der Waals surface area contributed by atoms with Crippen molar-refractivity contribution in [3.8, 4) is 0 Å². The Labute approximate surface area is 122 Å². The molecule has 2 rings (SSSR count).